The largest absolute Gasteiger partial charge is 0.389 e. The Morgan fingerprint density at radius 2 is 1.91 bits per heavy atom. The van der Waals surface area contributed by atoms with E-state index < -0.39 is 22.7 Å². The van der Waals surface area contributed by atoms with Gasteiger partial charge in [-0.05, 0) is 91.8 Å². The van der Waals surface area contributed by atoms with E-state index >= 15 is 0 Å². The lowest BCUT2D eigenvalue weighted by Gasteiger charge is -2.42. The number of benzene rings is 2. The van der Waals surface area contributed by atoms with E-state index in [0.717, 1.165) is 28.9 Å². The number of aryl methyl sites for hydroxylation is 1. The Kier molecular flexibility index (Phi) is 4.97. The monoisotopic (exact) mass is 449 g/mol. The second kappa shape index (κ2) is 7.63. The minimum Gasteiger partial charge on any atom is -0.389 e. The van der Waals surface area contributed by atoms with Crippen molar-refractivity contribution in [3.8, 4) is 5.69 Å². The molecule has 0 radical (unpaired) electrons. The topological polar surface area (TPSA) is 81.1 Å². The molecule has 170 valence electrons. The van der Waals surface area contributed by atoms with E-state index in [0.29, 0.717) is 31.2 Å². The molecule has 1 heterocycles. The number of aromatic nitrogens is 2. The highest BCUT2D eigenvalue weighted by molar-refractivity contribution is 5.94. The standard InChI is InChI=1S/C26H25F2N3O2/c1-25-14-17-15-30-31(21-5-2-19(27)3-6-21)23(17)13-18(25)9-11-26(25,33)10-8-16-12-20(28)4-7-22(16)24(29)32/h2-7,12-13,15,33H,8-11,14H2,1H3,(H2,29,32)/t25?,26-/m1/s1. The van der Waals surface area contributed by atoms with Crippen LogP contribution in [0.15, 0.2) is 54.2 Å². The fourth-order valence-corrected chi connectivity index (χ4v) is 5.47. The molecule has 1 fully saturated rings. The van der Waals surface area contributed by atoms with Gasteiger partial charge in [-0.15, -0.1) is 0 Å². The minimum absolute atomic E-state index is 0.283. The van der Waals surface area contributed by atoms with E-state index in [-0.39, 0.29) is 11.4 Å². The smallest absolute Gasteiger partial charge is 0.248 e. The molecule has 1 aromatic heterocycles. The van der Waals surface area contributed by atoms with Crippen LogP contribution in [-0.4, -0.2) is 26.4 Å². The number of fused-ring (bicyclic) bond motifs is 2. The van der Waals surface area contributed by atoms with E-state index in [4.69, 9.17) is 5.73 Å². The summed E-state index contributed by atoms with van der Waals surface area (Å²) in [5.41, 5.74) is 8.60. The molecule has 2 aliphatic rings. The Morgan fingerprint density at radius 1 is 1.18 bits per heavy atom. The lowest BCUT2D eigenvalue weighted by Crippen LogP contribution is -2.45. The van der Waals surface area contributed by atoms with E-state index in [9.17, 15) is 18.7 Å². The summed E-state index contributed by atoms with van der Waals surface area (Å²) in [6.45, 7) is 2.06. The van der Waals surface area contributed by atoms with E-state index in [1.807, 2.05) is 0 Å². The summed E-state index contributed by atoms with van der Waals surface area (Å²) in [7, 11) is 0. The van der Waals surface area contributed by atoms with Crippen molar-refractivity contribution in [1.82, 2.24) is 9.78 Å². The van der Waals surface area contributed by atoms with Gasteiger partial charge in [0.05, 0.1) is 23.2 Å². The molecular formula is C26H25F2N3O2. The first kappa shape index (κ1) is 21.5. The van der Waals surface area contributed by atoms with Gasteiger partial charge in [0, 0.05) is 11.0 Å². The van der Waals surface area contributed by atoms with Gasteiger partial charge in [0.25, 0.3) is 0 Å². The van der Waals surface area contributed by atoms with Crippen LogP contribution in [-0.2, 0) is 12.8 Å². The quantitative estimate of drug-likeness (QED) is 0.608. The predicted molar refractivity (Wildman–Crippen MR) is 121 cm³/mol. The molecule has 1 saturated carbocycles. The molecule has 2 aliphatic carbocycles. The summed E-state index contributed by atoms with van der Waals surface area (Å²) in [6, 6.07) is 10.1. The maximum atomic E-state index is 13.8. The van der Waals surface area contributed by atoms with Crippen LogP contribution in [0.2, 0.25) is 0 Å². The van der Waals surface area contributed by atoms with Crippen LogP contribution in [0.25, 0.3) is 11.8 Å². The number of carbonyl (C=O) groups is 1. The molecule has 5 nitrogen and oxygen atoms in total. The van der Waals surface area contributed by atoms with Crippen molar-refractivity contribution < 1.29 is 18.7 Å². The zero-order chi connectivity index (χ0) is 23.4. The molecule has 0 spiro atoms. The maximum absolute atomic E-state index is 13.8. The number of halogens is 2. The summed E-state index contributed by atoms with van der Waals surface area (Å²) in [5.74, 6) is -1.34. The molecule has 3 N–H and O–H groups in total. The zero-order valence-corrected chi connectivity index (χ0v) is 18.3. The van der Waals surface area contributed by atoms with Crippen molar-refractivity contribution in [2.45, 2.75) is 44.6 Å². The summed E-state index contributed by atoms with van der Waals surface area (Å²) < 4.78 is 29.0. The summed E-state index contributed by atoms with van der Waals surface area (Å²) >= 11 is 0. The third kappa shape index (κ3) is 3.47. The van der Waals surface area contributed by atoms with Gasteiger partial charge >= 0.3 is 0 Å². The van der Waals surface area contributed by atoms with Crippen molar-refractivity contribution in [2.75, 3.05) is 0 Å². The predicted octanol–water partition coefficient (Wildman–Crippen LogP) is 4.35. The lowest BCUT2D eigenvalue weighted by atomic mass is 9.65. The number of aliphatic hydroxyl groups is 1. The van der Waals surface area contributed by atoms with E-state index in [1.165, 1.54) is 30.3 Å². The number of hydrogen-bond donors (Lipinski definition) is 2. The molecule has 3 aromatic rings. The van der Waals surface area contributed by atoms with Crippen LogP contribution in [0, 0.1) is 17.0 Å². The average Bonchev–Trinajstić information content (AvgIpc) is 3.29. The fourth-order valence-electron chi connectivity index (χ4n) is 5.47. The highest BCUT2D eigenvalue weighted by Crippen LogP contribution is 2.56. The molecule has 5 rings (SSSR count). The van der Waals surface area contributed by atoms with Crippen LogP contribution in [0.3, 0.4) is 0 Å². The molecule has 1 unspecified atom stereocenters. The highest BCUT2D eigenvalue weighted by Gasteiger charge is 2.54. The maximum Gasteiger partial charge on any atom is 0.248 e. The SMILES string of the molecule is CC12Cc3cnn(-c4ccc(F)cc4)c3C=C1CC[C@]2(O)CCc1cc(F)ccc1C(N)=O. The molecule has 0 aliphatic heterocycles. The summed E-state index contributed by atoms with van der Waals surface area (Å²) in [4.78, 5) is 11.8. The second-order valence-corrected chi connectivity index (χ2v) is 9.32. The molecule has 2 atom stereocenters. The Bertz CT molecular complexity index is 1280. The zero-order valence-electron chi connectivity index (χ0n) is 18.3. The first-order valence-corrected chi connectivity index (χ1v) is 11.0. The Labute approximate surface area is 190 Å². The van der Waals surface area contributed by atoms with Gasteiger partial charge in [0.1, 0.15) is 11.6 Å². The van der Waals surface area contributed by atoms with Gasteiger partial charge in [-0.3, -0.25) is 4.79 Å². The normalized spacial score (nSPS) is 23.7. The number of carbonyl (C=O) groups excluding carboxylic acids is 1. The van der Waals surface area contributed by atoms with Crippen molar-refractivity contribution in [1.29, 1.82) is 0 Å². The van der Waals surface area contributed by atoms with Crippen molar-refractivity contribution >= 4 is 12.0 Å². The minimum atomic E-state index is -1.02. The van der Waals surface area contributed by atoms with Crippen LogP contribution in [0.4, 0.5) is 8.78 Å². The Hall–Kier alpha value is -3.32. The highest BCUT2D eigenvalue weighted by atomic mass is 19.1. The molecular weight excluding hydrogens is 424 g/mol. The molecule has 0 saturated heterocycles. The second-order valence-electron chi connectivity index (χ2n) is 9.32. The number of rotatable bonds is 5. The van der Waals surface area contributed by atoms with Crippen molar-refractivity contribution in [3.63, 3.8) is 0 Å². The lowest BCUT2D eigenvalue weighted by molar-refractivity contribution is -0.0462. The van der Waals surface area contributed by atoms with Crippen LogP contribution in [0.5, 0.6) is 0 Å². The van der Waals surface area contributed by atoms with Gasteiger partial charge in [-0.1, -0.05) is 12.5 Å². The molecule has 33 heavy (non-hydrogen) atoms. The Morgan fingerprint density at radius 3 is 2.64 bits per heavy atom. The van der Waals surface area contributed by atoms with Crippen molar-refractivity contribution in [3.05, 3.63) is 88.3 Å². The van der Waals surface area contributed by atoms with Crippen LogP contribution in [0.1, 0.15) is 53.4 Å². The van der Waals surface area contributed by atoms with Crippen LogP contribution < -0.4 is 5.73 Å². The third-order valence-corrected chi connectivity index (χ3v) is 7.50. The Balaban J connectivity index is 1.44. The van der Waals surface area contributed by atoms with Crippen molar-refractivity contribution in [2.24, 2.45) is 11.1 Å². The average molecular weight is 450 g/mol. The number of amides is 1. The molecule has 0 bridgehead atoms. The molecule has 1 amide bonds. The van der Waals surface area contributed by atoms with Gasteiger partial charge in [0.2, 0.25) is 5.91 Å². The first-order chi connectivity index (χ1) is 15.7. The van der Waals surface area contributed by atoms with E-state index in [2.05, 4.69) is 18.1 Å². The van der Waals surface area contributed by atoms with Gasteiger partial charge in [0.15, 0.2) is 0 Å². The number of primary amides is 1. The molecule has 7 heteroatoms. The number of nitrogens with zero attached hydrogens (tertiary/aromatic N) is 2. The summed E-state index contributed by atoms with van der Waals surface area (Å²) in [5, 5.41) is 16.3. The third-order valence-electron chi connectivity index (χ3n) is 7.50. The van der Waals surface area contributed by atoms with Gasteiger partial charge < -0.3 is 10.8 Å². The number of hydrogen-bond acceptors (Lipinski definition) is 3. The van der Waals surface area contributed by atoms with Gasteiger partial charge in [-0.25, -0.2) is 13.5 Å². The van der Waals surface area contributed by atoms with Gasteiger partial charge in [-0.2, -0.15) is 5.10 Å². The first-order valence-electron chi connectivity index (χ1n) is 11.0. The number of nitrogens with two attached hydrogens (primary N) is 1. The van der Waals surface area contributed by atoms with E-state index in [1.54, 1.807) is 23.0 Å². The fraction of sp³-hybridized carbons (Fsp3) is 0.308. The summed E-state index contributed by atoms with van der Waals surface area (Å²) in [6.07, 6.45) is 6.52. The van der Waals surface area contributed by atoms with Crippen LogP contribution >= 0.6 is 0 Å². The molecule has 2 aromatic carbocycles.